The molecule has 0 saturated carbocycles. The van der Waals surface area contributed by atoms with E-state index in [1.54, 1.807) is 0 Å². The lowest BCUT2D eigenvalue weighted by atomic mass is 10.1. The van der Waals surface area contributed by atoms with E-state index >= 15 is 0 Å². The number of piperidine rings is 1. The Balaban J connectivity index is 1.93. The Morgan fingerprint density at radius 1 is 1.37 bits per heavy atom. The Morgan fingerprint density at radius 3 is 2.79 bits per heavy atom. The molecule has 1 aromatic carbocycles. The van der Waals surface area contributed by atoms with Gasteiger partial charge in [-0.2, -0.15) is 5.26 Å². The molecule has 1 heterocycles. The molecule has 1 aliphatic heterocycles. The van der Waals surface area contributed by atoms with Crippen LogP contribution >= 0.6 is 15.9 Å². The summed E-state index contributed by atoms with van der Waals surface area (Å²) in [5.41, 5.74) is 1.62. The standard InChI is InChI=1S/C15H20BrN3/c1-12(19-7-3-2-4-8-19)11-18-15-6-5-14(16)9-13(15)10-17/h5-6,9,12,18H,2-4,7-8,11H2,1H3. The quantitative estimate of drug-likeness (QED) is 0.920. The fourth-order valence-corrected chi connectivity index (χ4v) is 2.87. The van der Waals surface area contributed by atoms with E-state index in [9.17, 15) is 0 Å². The van der Waals surface area contributed by atoms with Crippen molar-refractivity contribution in [2.75, 3.05) is 25.0 Å². The van der Waals surface area contributed by atoms with Crippen molar-refractivity contribution >= 4 is 21.6 Å². The second-order valence-electron chi connectivity index (χ2n) is 5.13. The zero-order valence-corrected chi connectivity index (χ0v) is 12.9. The smallest absolute Gasteiger partial charge is 0.101 e. The number of benzene rings is 1. The summed E-state index contributed by atoms with van der Waals surface area (Å²) >= 11 is 3.39. The molecule has 0 spiro atoms. The van der Waals surface area contributed by atoms with Crippen molar-refractivity contribution in [2.24, 2.45) is 0 Å². The fraction of sp³-hybridized carbons (Fsp3) is 0.533. The van der Waals surface area contributed by atoms with Crippen LogP contribution in [0.15, 0.2) is 22.7 Å². The van der Waals surface area contributed by atoms with Crippen LogP contribution in [0.5, 0.6) is 0 Å². The van der Waals surface area contributed by atoms with Gasteiger partial charge in [-0.25, -0.2) is 0 Å². The van der Waals surface area contributed by atoms with Crippen molar-refractivity contribution in [3.05, 3.63) is 28.2 Å². The summed E-state index contributed by atoms with van der Waals surface area (Å²) in [5, 5.41) is 12.5. The molecule has 102 valence electrons. The van der Waals surface area contributed by atoms with E-state index in [2.05, 4.69) is 39.1 Å². The summed E-state index contributed by atoms with van der Waals surface area (Å²) < 4.78 is 0.943. The predicted octanol–water partition coefficient (Wildman–Crippen LogP) is 3.61. The minimum Gasteiger partial charge on any atom is -0.382 e. The van der Waals surface area contributed by atoms with Gasteiger partial charge in [0.25, 0.3) is 0 Å². The van der Waals surface area contributed by atoms with Crippen LogP contribution in [-0.4, -0.2) is 30.6 Å². The zero-order valence-electron chi connectivity index (χ0n) is 11.3. The normalized spacial score (nSPS) is 17.7. The average Bonchev–Trinajstić information content (AvgIpc) is 2.46. The molecule has 1 saturated heterocycles. The van der Waals surface area contributed by atoms with E-state index in [-0.39, 0.29) is 0 Å². The van der Waals surface area contributed by atoms with E-state index in [4.69, 9.17) is 5.26 Å². The SMILES string of the molecule is CC(CNc1ccc(Br)cc1C#N)N1CCCCC1. The van der Waals surface area contributed by atoms with Gasteiger partial charge in [0.15, 0.2) is 0 Å². The summed E-state index contributed by atoms with van der Waals surface area (Å²) in [5.74, 6) is 0. The zero-order chi connectivity index (χ0) is 13.7. The Kier molecular flexibility index (Phi) is 5.24. The van der Waals surface area contributed by atoms with Crippen molar-refractivity contribution < 1.29 is 0 Å². The maximum Gasteiger partial charge on any atom is 0.101 e. The van der Waals surface area contributed by atoms with E-state index in [1.807, 2.05) is 18.2 Å². The lowest BCUT2D eigenvalue weighted by Gasteiger charge is -2.32. The van der Waals surface area contributed by atoms with Crippen LogP contribution in [0.2, 0.25) is 0 Å². The van der Waals surface area contributed by atoms with Crippen LogP contribution in [0.4, 0.5) is 5.69 Å². The number of nitrogens with one attached hydrogen (secondary N) is 1. The third kappa shape index (κ3) is 3.95. The average molecular weight is 322 g/mol. The van der Waals surface area contributed by atoms with Gasteiger partial charge in [-0.05, 0) is 51.1 Å². The van der Waals surface area contributed by atoms with Gasteiger partial charge in [0.1, 0.15) is 6.07 Å². The molecular weight excluding hydrogens is 302 g/mol. The minimum absolute atomic E-state index is 0.510. The second-order valence-corrected chi connectivity index (χ2v) is 6.04. The number of nitrogens with zero attached hydrogens (tertiary/aromatic N) is 2. The largest absolute Gasteiger partial charge is 0.382 e. The summed E-state index contributed by atoms with van der Waals surface area (Å²) in [7, 11) is 0. The van der Waals surface area contributed by atoms with Crippen molar-refractivity contribution in [2.45, 2.75) is 32.2 Å². The first-order valence-electron chi connectivity index (χ1n) is 6.88. The Bertz CT molecular complexity index is 461. The molecule has 1 unspecified atom stereocenters. The van der Waals surface area contributed by atoms with Gasteiger partial charge >= 0.3 is 0 Å². The molecule has 0 bridgehead atoms. The molecule has 1 fully saturated rings. The number of hydrogen-bond acceptors (Lipinski definition) is 3. The van der Waals surface area contributed by atoms with Crippen LogP contribution in [0.25, 0.3) is 0 Å². The molecule has 19 heavy (non-hydrogen) atoms. The van der Waals surface area contributed by atoms with E-state index in [0.717, 1.165) is 16.7 Å². The Labute approximate surface area is 123 Å². The molecular formula is C15H20BrN3. The van der Waals surface area contributed by atoms with E-state index in [1.165, 1.54) is 32.4 Å². The summed E-state index contributed by atoms with van der Waals surface area (Å²) in [6, 6.07) is 8.53. The highest BCUT2D eigenvalue weighted by molar-refractivity contribution is 9.10. The number of nitriles is 1. The maximum atomic E-state index is 9.14. The number of hydrogen-bond donors (Lipinski definition) is 1. The monoisotopic (exact) mass is 321 g/mol. The van der Waals surface area contributed by atoms with Gasteiger partial charge in [-0.15, -0.1) is 0 Å². The number of likely N-dealkylation sites (tertiary alicyclic amines) is 1. The fourth-order valence-electron chi connectivity index (χ4n) is 2.51. The summed E-state index contributed by atoms with van der Waals surface area (Å²) in [6.07, 6.45) is 3.99. The van der Waals surface area contributed by atoms with E-state index in [0.29, 0.717) is 11.6 Å². The Hall–Kier alpha value is -1.05. The topological polar surface area (TPSA) is 39.1 Å². The lowest BCUT2D eigenvalue weighted by Crippen LogP contribution is -2.41. The summed E-state index contributed by atoms with van der Waals surface area (Å²) in [4.78, 5) is 2.53. The third-order valence-electron chi connectivity index (χ3n) is 3.70. The third-order valence-corrected chi connectivity index (χ3v) is 4.20. The van der Waals surface area contributed by atoms with Gasteiger partial charge in [-0.1, -0.05) is 22.4 Å². The number of anilines is 1. The summed E-state index contributed by atoms with van der Waals surface area (Å²) in [6.45, 7) is 5.54. The van der Waals surface area contributed by atoms with Gasteiger partial charge in [0.05, 0.1) is 11.3 Å². The van der Waals surface area contributed by atoms with Gasteiger partial charge in [-0.3, -0.25) is 4.90 Å². The molecule has 0 aliphatic carbocycles. The van der Waals surface area contributed by atoms with Crippen LogP contribution < -0.4 is 5.32 Å². The molecule has 0 aromatic heterocycles. The van der Waals surface area contributed by atoms with Crippen LogP contribution in [0.3, 0.4) is 0 Å². The molecule has 0 radical (unpaired) electrons. The highest BCUT2D eigenvalue weighted by Gasteiger charge is 2.16. The molecule has 0 amide bonds. The van der Waals surface area contributed by atoms with Gasteiger partial charge in [0.2, 0.25) is 0 Å². The predicted molar refractivity (Wildman–Crippen MR) is 82.2 cm³/mol. The molecule has 1 aromatic rings. The molecule has 1 N–H and O–H groups in total. The molecule has 2 rings (SSSR count). The van der Waals surface area contributed by atoms with Crippen molar-refractivity contribution in [3.63, 3.8) is 0 Å². The van der Waals surface area contributed by atoms with Crippen LogP contribution in [-0.2, 0) is 0 Å². The first kappa shape index (κ1) is 14.4. The van der Waals surface area contributed by atoms with Crippen molar-refractivity contribution in [1.29, 1.82) is 5.26 Å². The highest BCUT2D eigenvalue weighted by atomic mass is 79.9. The minimum atomic E-state index is 0.510. The van der Waals surface area contributed by atoms with E-state index < -0.39 is 0 Å². The molecule has 1 aliphatic rings. The van der Waals surface area contributed by atoms with Crippen molar-refractivity contribution in [1.82, 2.24) is 4.90 Å². The van der Waals surface area contributed by atoms with Crippen LogP contribution in [0.1, 0.15) is 31.7 Å². The molecule has 3 nitrogen and oxygen atoms in total. The Morgan fingerprint density at radius 2 is 2.11 bits per heavy atom. The first-order chi connectivity index (χ1) is 9.20. The van der Waals surface area contributed by atoms with Crippen molar-refractivity contribution in [3.8, 4) is 6.07 Å². The number of halogens is 1. The molecule has 4 heteroatoms. The van der Waals surface area contributed by atoms with Gasteiger partial charge in [0, 0.05) is 17.1 Å². The highest BCUT2D eigenvalue weighted by Crippen LogP contribution is 2.20. The van der Waals surface area contributed by atoms with Crippen LogP contribution in [0, 0.1) is 11.3 Å². The first-order valence-corrected chi connectivity index (χ1v) is 7.67. The maximum absolute atomic E-state index is 9.14. The molecule has 1 atom stereocenters. The lowest BCUT2D eigenvalue weighted by molar-refractivity contribution is 0.180. The second kappa shape index (κ2) is 6.93. The van der Waals surface area contributed by atoms with Gasteiger partial charge < -0.3 is 5.32 Å². The number of rotatable bonds is 4.